The summed E-state index contributed by atoms with van der Waals surface area (Å²) in [5, 5.41) is 8.97. The minimum absolute atomic E-state index is 0.146. The van der Waals surface area contributed by atoms with E-state index in [-0.39, 0.29) is 12.4 Å². The maximum Gasteiger partial charge on any atom is 0.125 e. The number of nitrogens with zero attached hydrogens (tertiary/aromatic N) is 2. The number of fused-ring (bicyclic) bond motifs is 1. The molecule has 0 aliphatic rings. The first-order chi connectivity index (χ1) is 10.2. The molecule has 108 valence electrons. The van der Waals surface area contributed by atoms with Crippen molar-refractivity contribution in [2.45, 2.75) is 19.8 Å². The monoisotopic (exact) mass is 284 g/mol. The highest BCUT2D eigenvalue weighted by molar-refractivity contribution is 5.78. The topological polar surface area (TPSA) is 38.0 Å². The Kier molecular flexibility index (Phi) is 3.71. The van der Waals surface area contributed by atoms with Crippen LogP contribution < -0.4 is 0 Å². The molecule has 0 aliphatic heterocycles. The van der Waals surface area contributed by atoms with Gasteiger partial charge in [0.2, 0.25) is 0 Å². The summed E-state index contributed by atoms with van der Waals surface area (Å²) in [7, 11) is 0. The van der Waals surface area contributed by atoms with E-state index in [0.29, 0.717) is 11.9 Å². The molecule has 1 heterocycles. The van der Waals surface area contributed by atoms with Crippen LogP contribution in [0.5, 0.6) is 0 Å². The number of hydrogen-bond acceptors (Lipinski definition) is 2. The van der Waals surface area contributed by atoms with Crippen LogP contribution in [0.2, 0.25) is 0 Å². The lowest BCUT2D eigenvalue weighted by Crippen LogP contribution is -2.00. The van der Waals surface area contributed by atoms with Gasteiger partial charge in [-0.15, -0.1) is 0 Å². The van der Waals surface area contributed by atoms with E-state index in [0.717, 1.165) is 29.0 Å². The average molecular weight is 284 g/mol. The first kappa shape index (κ1) is 13.8. The van der Waals surface area contributed by atoms with Gasteiger partial charge in [-0.1, -0.05) is 19.1 Å². The third kappa shape index (κ3) is 2.54. The molecule has 1 aromatic heterocycles. The van der Waals surface area contributed by atoms with Crippen molar-refractivity contribution in [1.29, 1.82) is 0 Å². The number of aliphatic hydroxyl groups excluding tert-OH is 1. The predicted molar refractivity (Wildman–Crippen MR) is 81.2 cm³/mol. The van der Waals surface area contributed by atoms with Crippen LogP contribution in [0.3, 0.4) is 0 Å². The van der Waals surface area contributed by atoms with E-state index >= 15 is 0 Å². The molecule has 0 unspecified atom stereocenters. The largest absolute Gasteiger partial charge is 0.396 e. The van der Waals surface area contributed by atoms with Gasteiger partial charge in [-0.2, -0.15) is 0 Å². The predicted octanol–water partition coefficient (Wildman–Crippen LogP) is 3.26. The Hall–Kier alpha value is -2.20. The summed E-state index contributed by atoms with van der Waals surface area (Å²) in [5.41, 5.74) is 3.67. The molecule has 0 fully saturated rings. The summed E-state index contributed by atoms with van der Waals surface area (Å²) in [6.45, 7) is 2.18. The number of aliphatic hydroxyl groups is 1. The molecule has 0 aliphatic carbocycles. The van der Waals surface area contributed by atoms with Crippen LogP contribution in [0.15, 0.2) is 42.5 Å². The van der Waals surface area contributed by atoms with Crippen molar-refractivity contribution in [3.63, 3.8) is 0 Å². The molecule has 0 atom stereocenters. The average Bonchev–Trinajstić information content (AvgIpc) is 2.86. The number of aromatic nitrogens is 2. The molecule has 0 radical (unpaired) electrons. The van der Waals surface area contributed by atoms with E-state index < -0.39 is 0 Å². The number of halogens is 1. The second-order valence-electron chi connectivity index (χ2n) is 4.99. The lowest BCUT2D eigenvalue weighted by molar-refractivity contribution is 0.299. The van der Waals surface area contributed by atoms with Crippen LogP contribution in [0.1, 0.15) is 18.3 Å². The number of benzene rings is 2. The number of aryl methyl sites for hydroxylation is 1. The minimum atomic E-state index is -0.270. The van der Waals surface area contributed by atoms with Crippen molar-refractivity contribution in [3.8, 4) is 5.69 Å². The molecule has 3 rings (SSSR count). The molecule has 0 spiro atoms. The maximum atomic E-state index is 13.3. The highest BCUT2D eigenvalue weighted by Crippen LogP contribution is 2.23. The van der Waals surface area contributed by atoms with E-state index in [9.17, 15) is 4.39 Å². The standard InChI is InChI=1S/C17H17FN2O/c1-2-17-19-15-11-13(18)5-8-16(15)20(17)14-6-3-12(4-7-14)9-10-21/h3-8,11,21H,2,9-10H2,1H3. The van der Waals surface area contributed by atoms with Gasteiger partial charge in [0.15, 0.2) is 0 Å². The van der Waals surface area contributed by atoms with Gasteiger partial charge in [0.1, 0.15) is 11.6 Å². The minimum Gasteiger partial charge on any atom is -0.396 e. The molecule has 1 N–H and O–H groups in total. The SMILES string of the molecule is CCc1nc2cc(F)ccc2n1-c1ccc(CCO)cc1. The van der Waals surface area contributed by atoms with E-state index in [1.165, 1.54) is 12.1 Å². The Morgan fingerprint density at radius 3 is 2.57 bits per heavy atom. The van der Waals surface area contributed by atoms with Crippen LogP contribution in [-0.2, 0) is 12.8 Å². The van der Waals surface area contributed by atoms with Crippen LogP contribution >= 0.6 is 0 Å². The molecule has 0 bridgehead atoms. The molecule has 0 amide bonds. The van der Waals surface area contributed by atoms with Gasteiger partial charge in [-0.25, -0.2) is 9.37 Å². The lowest BCUT2D eigenvalue weighted by atomic mass is 10.1. The van der Waals surface area contributed by atoms with Crippen LogP contribution in [-0.4, -0.2) is 21.3 Å². The fourth-order valence-corrected chi connectivity index (χ4v) is 2.57. The Labute approximate surface area is 122 Å². The summed E-state index contributed by atoms with van der Waals surface area (Å²) in [6.07, 6.45) is 1.42. The highest BCUT2D eigenvalue weighted by Gasteiger charge is 2.11. The Bertz CT molecular complexity index is 762. The third-order valence-electron chi connectivity index (χ3n) is 3.60. The van der Waals surface area contributed by atoms with Crippen molar-refractivity contribution in [2.75, 3.05) is 6.61 Å². The second-order valence-corrected chi connectivity index (χ2v) is 4.99. The van der Waals surface area contributed by atoms with Gasteiger partial charge in [-0.3, -0.25) is 4.57 Å². The summed E-state index contributed by atoms with van der Waals surface area (Å²) in [5.74, 6) is 0.638. The third-order valence-corrected chi connectivity index (χ3v) is 3.60. The highest BCUT2D eigenvalue weighted by atomic mass is 19.1. The molecular weight excluding hydrogens is 267 g/mol. The molecule has 4 heteroatoms. The van der Waals surface area contributed by atoms with E-state index in [1.807, 2.05) is 31.2 Å². The maximum absolute atomic E-state index is 13.3. The Morgan fingerprint density at radius 1 is 1.14 bits per heavy atom. The van der Waals surface area contributed by atoms with Gasteiger partial charge in [-0.05, 0) is 36.2 Å². The molecular formula is C17H17FN2O. The summed E-state index contributed by atoms with van der Waals surface area (Å²) in [6, 6.07) is 12.7. The first-order valence-corrected chi connectivity index (χ1v) is 7.10. The zero-order chi connectivity index (χ0) is 14.8. The molecule has 2 aromatic carbocycles. The number of hydrogen-bond donors (Lipinski definition) is 1. The van der Waals surface area contributed by atoms with Gasteiger partial charge in [0.25, 0.3) is 0 Å². The first-order valence-electron chi connectivity index (χ1n) is 7.10. The normalized spacial score (nSPS) is 11.2. The molecule has 3 nitrogen and oxygen atoms in total. The second kappa shape index (κ2) is 5.66. The summed E-state index contributed by atoms with van der Waals surface area (Å²) < 4.78 is 15.4. The zero-order valence-electron chi connectivity index (χ0n) is 11.9. The van der Waals surface area contributed by atoms with Gasteiger partial charge < -0.3 is 5.11 Å². The fraction of sp³-hybridized carbons (Fsp3) is 0.235. The van der Waals surface area contributed by atoms with Crippen LogP contribution in [0.4, 0.5) is 4.39 Å². The Balaban J connectivity index is 2.13. The smallest absolute Gasteiger partial charge is 0.125 e. The molecule has 21 heavy (non-hydrogen) atoms. The van der Waals surface area contributed by atoms with Crippen molar-refractivity contribution in [1.82, 2.24) is 9.55 Å². The van der Waals surface area contributed by atoms with Gasteiger partial charge in [0.05, 0.1) is 11.0 Å². The zero-order valence-corrected chi connectivity index (χ0v) is 11.9. The van der Waals surface area contributed by atoms with Crippen molar-refractivity contribution in [2.24, 2.45) is 0 Å². The van der Waals surface area contributed by atoms with Crippen molar-refractivity contribution in [3.05, 3.63) is 59.7 Å². The van der Waals surface area contributed by atoms with Crippen LogP contribution in [0, 0.1) is 5.82 Å². The van der Waals surface area contributed by atoms with Gasteiger partial charge >= 0.3 is 0 Å². The quantitative estimate of drug-likeness (QED) is 0.798. The van der Waals surface area contributed by atoms with Crippen molar-refractivity contribution < 1.29 is 9.50 Å². The Morgan fingerprint density at radius 2 is 1.90 bits per heavy atom. The molecule has 3 aromatic rings. The van der Waals surface area contributed by atoms with E-state index in [2.05, 4.69) is 9.55 Å². The summed E-state index contributed by atoms with van der Waals surface area (Å²) in [4.78, 5) is 4.51. The van der Waals surface area contributed by atoms with E-state index in [1.54, 1.807) is 6.07 Å². The number of rotatable bonds is 4. The van der Waals surface area contributed by atoms with E-state index in [4.69, 9.17) is 5.11 Å². The van der Waals surface area contributed by atoms with Crippen molar-refractivity contribution >= 4 is 11.0 Å². The fourth-order valence-electron chi connectivity index (χ4n) is 2.57. The number of imidazole rings is 1. The lowest BCUT2D eigenvalue weighted by Gasteiger charge is -2.09. The van der Waals surface area contributed by atoms with Gasteiger partial charge in [0, 0.05) is 24.8 Å². The summed E-state index contributed by atoms with van der Waals surface area (Å²) >= 11 is 0. The molecule has 0 saturated heterocycles. The van der Waals surface area contributed by atoms with Crippen LogP contribution in [0.25, 0.3) is 16.7 Å². The molecule has 0 saturated carbocycles.